The summed E-state index contributed by atoms with van der Waals surface area (Å²) in [5, 5.41) is 0. The zero-order valence-corrected chi connectivity index (χ0v) is 7.59. The van der Waals surface area contributed by atoms with Crippen molar-refractivity contribution in [2.45, 2.75) is 33.6 Å². The summed E-state index contributed by atoms with van der Waals surface area (Å²) in [5.74, 6) is 0.480. The molecule has 0 aromatic carbocycles. The maximum Gasteiger partial charge on any atom is 0.309 e. The van der Waals surface area contributed by atoms with Crippen LogP contribution in [0.4, 0.5) is 0 Å². The first-order valence-corrected chi connectivity index (χ1v) is 4.13. The number of hydrogen-bond acceptors (Lipinski definition) is 2. The van der Waals surface area contributed by atoms with E-state index in [1.807, 2.05) is 0 Å². The van der Waals surface area contributed by atoms with Gasteiger partial charge in [-0.2, -0.15) is 0 Å². The Morgan fingerprint density at radius 3 is 2.64 bits per heavy atom. The summed E-state index contributed by atoms with van der Waals surface area (Å²) in [6.07, 6.45) is 3.53. The third-order valence-electron chi connectivity index (χ3n) is 1.41. The van der Waals surface area contributed by atoms with E-state index >= 15 is 0 Å². The first kappa shape index (κ1) is 10.5. The molecule has 0 fully saturated rings. The van der Waals surface area contributed by atoms with Gasteiger partial charge in [0.2, 0.25) is 0 Å². The molecule has 0 aliphatic carbocycles. The molecule has 2 nitrogen and oxygen atoms in total. The molecule has 0 saturated heterocycles. The van der Waals surface area contributed by atoms with Gasteiger partial charge in [0.05, 0.1) is 13.0 Å². The fourth-order valence-corrected chi connectivity index (χ4v) is 0.748. The molecule has 0 amide bonds. The monoisotopic (exact) mass is 157 g/mol. The molecule has 0 N–H and O–H groups in total. The molecule has 0 aliphatic heterocycles. The SMILES string of the molecule is C[CH]C(=O)OCCCC(C)C. The highest BCUT2D eigenvalue weighted by Gasteiger charge is 1.98. The van der Waals surface area contributed by atoms with Crippen molar-refractivity contribution in [1.82, 2.24) is 0 Å². The Kier molecular flexibility index (Phi) is 5.90. The van der Waals surface area contributed by atoms with Gasteiger partial charge in [0.1, 0.15) is 0 Å². The second-order valence-corrected chi connectivity index (χ2v) is 2.99. The normalized spacial score (nSPS) is 10.2. The Morgan fingerprint density at radius 1 is 1.55 bits per heavy atom. The number of carbonyl (C=O) groups is 1. The lowest BCUT2D eigenvalue weighted by Crippen LogP contribution is -2.05. The van der Waals surface area contributed by atoms with Gasteiger partial charge in [0, 0.05) is 0 Å². The Bertz CT molecular complexity index is 108. The van der Waals surface area contributed by atoms with E-state index in [0.717, 1.165) is 12.8 Å². The second-order valence-electron chi connectivity index (χ2n) is 2.99. The smallest absolute Gasteiger partial charge is 0.309 e. The summed E-state index contributed by atoms with van der Waals surface area (Å²) in [4.78, 5) is 10.6. The molecule has 1 radical (unpaired) electrons. The summed E-state index contributed by atoms with van der Waals surface area (Å²) in [7, 11) is 0. The van der Waals surface area contributed by atoms with Gasteiger partial charge >= 0.3 is 5.97 Å². The average molecular weight is 157 g/mol. The van der Waals surface area contributed by atoms with Gasteiger partial charge in [-0.25, -0.2) is 0 Å². The third kappa shape index (κ3) is 7.37. The fraction of sp³-hybridized carbons (Fsp3) is 0.778. The highest BCUT2D eigenvalue weighted by molar-refractivity contribution is 5.78. The van der Waals surface area contributed by atoms with E-state index in [0.29, 0.717) is 12.5 Å². The van der Waals surface area contributed by atoms with Crippen LogP contribution in [-0.2, 0) is 9.53 Å². The van der Waals surface area contributed by atoms with Crippen LogP contribution < -0.4 is 0 Å². The van der Waals surface area contributed by atoms with Crippen molar-refractivity contribution in [2.24, 2.45) is 5.92 Å². The van der Waals surface area contributed by atoms with Crippen molar-refractivity contribution in [3.63, 3.8) is 0 Å². The molecule has 0 saturated carbocycles. The van der Waals surface area contributed by atoms with Crippen LogP contribution in [0, 0.1) is 12.3 Å². The Balaban J connectivity index is 3.08. The fourth-order valence-electron chi connectivity index (χ4n) is 0.748. The lowest BCUT2D eigenvalue weighted by molar-refractivity contribution is -0.139. The Hall–Kier alpha value is -0.530. The van der Waals surface area contributed by atoms with Crippen LogP contribution in [0.15, 0.2) is 0 Å². The van der Waals surface area contributed by atoms with E-state index in [2.05, 4.69) is 13.8 Å². The van der Waals surface area contributed by atoms with E-state index < -0.39 is 0 Å². The van der Waals surface area contributed by atoms with Gasteiger partial charge in [0.15, 0.2) is 0 Å². The van der Waals surface area contributed by atoms with E-state index in [-0.39, 0.29) is 5.97 Å². The topological polar surface area (TPSA) is 26.3 Å². The van der Waals surface area contributed by atoms with Gasteiger partial charge in [-0.15, -0.1) is 0 Å². The molecule has 2 heteroatoms. The average Bonchev–Trinajstić information content (AvgIpc) is 1.97. The zero-order chi connectivity index (χ0) is 8.69. The number of esters is 1. The van der Waals surface area contributed by atoms with Crippen LogP contribution in [0.5, 0.6) is 0 Å². The van der Waals surface area contributed by atoms with Crippen LogP contribution in [0.1, 0.15) is 33.6 Å². The molecule has 0 unspecified atom stereocenters. The van der Waals surface area contributed by atoms with Gasteiger partial charge in [0.25, 0.3) is 0 Å². The summed E-state index contributed by atoms with van der Waals surface area (Å²) in [6.45, 7) is 6.56. The first-order valence-electron chi connectivity index (χ1n) is 4.13. The highest BCUT2D eigenvalue weighted by atomic mass is 16.5. The predicted octanol–water partition coefficient (Wildman–Crippen LogP) is 2.19. The summed E-state index contributed by atoms with van der Waals surface area (Å²) < 4.78 is 4.85. The molecule has 0 heterocycles. The first-order chi connectivity index (χ1) is 5.16. The highest BCUT2D eigenvalue weighted by Crippen LogP contribution is 2.03. The second kappa shape index (κ2) is 6.20. The quantitative estimate of drug-likeness (QED) is 0.451. The molecule has 0 bridgehead atoms. The van der Waals surface area contributed by atoms with Gasteiger partial charge in [-0.3, -0.25) is 4.79 Å². The molecule has 0 spiro atoms. The van der Waals surface area contributed by atoms with Gasteiger partial charge in [-0.1, -0.05) is 20.8 Å². The van der Waals surface area contributed by atoms with Crippen LogP contribution >= 0.6 is 0 Å². The number of carbonyl (C=O) groups excluding carboxylic acids is 1. The van der Waals surface area contributed by atoms with Crippen molar-refractivity contribution < 1.29 is 9.53 Å². The molecule has 0 aliphatic rings. The van der Waals surface area contributed by atoms with Crippen LogP contribution in [-0.4, -0.2) is 12.6 Å². The van der Waals surface area contributed by atoms with E-state index in [1.165, 1.54) is 6.42 Å². The summed E-state index contributed by atoms with van der Waals surface area (Å²) in [5.41, 5.74) is 0. The molecular weight excluding hydrogens is 140 g/mol. The maximum atomic E-state index is 10.6. The number of rotatable bonds is 5. The van der Waals surface area contributed by atoms with E-state index in [9.17, 15) is 4.79 Å². The lowest BCUT2D eigenvalue weighted by atomic mass is 10.1. The zero-order valence-electron chi connectivity index (χ0n) is 7.59. The van der Waals surface area contributed by atoms with Crippen LogP contribution in [0.3, 0.4) is 0 Å². The number of ether oxygens (including phenoxy) is 1. The molecule has 65 valence electrons. The summed E-state index contributed by atoms with van der Waals surface area (Å²) >= 11 is 0. The van der Waals surface area contributed by atoms with Crippen molar-refractivity contribution in [2.75, 3.05) is 6.61 Å². The summed E-state index contributed by atoms with van der Waals surface area (Å²) in [6, 6.07) is 0. The molecule has 11 heavy (non-hydrogen) atoms. The molecule has 0 aromatic rings. The minimum absolute atomic E-state index is 0.214. The minimum atomic E-state index is -0.214. The van der Waals surface area contributed by atoms with Crippen molar-refractivity contribution >= 4 is 5.97 Å². The van der Waals surface area contributed by atoms with Crippen molar-refractivity contribution in [3.05, 3.63) is 6.42 Å². The molecular formula is C9H17O2. The predicted molar refractivity (Wildman–Crippen MR) is 45.0 cm³/mol. The van der Waals surface area contributed by atoms with Crippen LogP contribution in [0.25, 0.3) is 0 Å². The molecule has 0 rings (SSSR count). The Morgan fingerprint density at radius 2 is 2.18 bits per heavy atom. The van der Waals surface area contributed by atoms with Crippen molar-refractivity contribution in [3.8, 4) is 0 Å². The molecule has 0 atom stereocenters. The Labute approximate surface area is 68.9 Å². The molecule has 0 aromatic heterocycles. The number of hydrogen-bond donors (Lipinski definition) is 0. The standard InChI is InChI=1S/C9H17O2/c1-4-9(10)11-7-5-6-8(2)3/h4,8H,5-7H2,1-3H3. The third-order valence-corrected chi connectivity index (χ3v) is 1.41. The van der Waals surface area contributed by atoms with Crippen LogP contribution in [0.2, 0.25) is 0 Å². The lowest BCUT2D eigenvalue weighted by Gasteiger charge is -2.04. The van der Waals surface area contributed by atoms with E-state index in [1.54, 1.807) is 6.92 Å². The van der Waals surface area contributed by atoms with Gasteiger partial charge < -0.3 is 4.74 Å². The van der Waals surface area contributed by atoms with E-state index in [4.69, 9.17) is 4.74 Å². The maximum absolute atomic E-state index is 10.6. The van der Waals surface area contributed by atoms with Gasteiger partial charge in [-0.05, 0) is 18.8 Å². The largest absolute Gasteiger partial charge is 0.465 e. The van der Waals surface area contributed by atoms with Crippen molar-refractivity contribution in [1.29, 1.82) is 0 Å². The minimum Gasteiger partial charge on any atom is -0.465 e.